The summed E-state index contributed by atoms with van der Waals surface area (Å²) in [6.45, 7) is 1.95. The first kappa shape index (κ1) is 20.0. The van der Waals surface area contributed by atoms with Crippen LogP contribution in [0.25, 0.3) is 5.69 Å². The number of thiazole rings is 1. The van der Waals surface area contributed by atoms with E-state index in [2.05, 4.69) is 27.5 Å². The van der Waals surface area contributed by atoms with Gasteiger partial charge in [-0.1, -0.05) is 53.4 Å². The van der Waals surface area contributed by atoms with E-state index in [-0.39, 0.29) is 5.91 Å². The number of rotatable bonds is 6. The van der Waals surface area contributed by atoms with E-state index in [1.54, 1.807) is 34.8 Å². The SMILES string of the molecule is Cc1cnc(NC(=O)c2ccc(-n3nc(SCc4ccccc4)sc3=S)cc2)s1. The van der Waals surface area contributed by atoms with Crippen LogP contribution in [0.15, 0.2) is 65.1 Å². The summed E-state index contributed by atoms with van der Waals surface area (Å²) < 4.78 is 3.33. The molecular weight excluding hydrogens is 441 g/mol. The Kier molecular flexibility index (Phi) is 6.19. The first-order valence-corrected chi connectivity index (χ1v) is 11.7. The molecule has 2 aromatic heterocycles. The molecular formula is C20H16N4OS4. The molecule has 4 aromatic rings. The number of hydrogen-bond donors (Lipinski definition) is 1. The fraction of sp³-hybridized carbons (Fsp3) is 0.100. The number of aryl methyl sites for hydroxylation is 1. The molecule has 0 aliphatic heterocycles. The molecule has 1 amide bonds. The molecule has 0 saturated carbocycles. The fourth-order valence-corrected chi connectivity index (χ4v) is 5.51. The van der Waals surface area contributed by atoms with Crippen LogP contribution in [0.2, 0.25) is 0 Å². The summed E-state index contributed by atoms with van der Waals surface area (Å²) in [5.41, 5.74) is 2.64. The van der Waals surface area contributed by atoms with Gasteiger partial charge in [0.1, 0.15) is 0 Å². The Morgan fingerprint density at radius 3 is 2.59 bits per heavy atom. The molecule has 29 heavy (non-hydrogen) atoms. The van der Waals surface area contributed by atoms with Gasteiger partial charge < -0.3 is 0 Å². The van der Waals surface area contributed by atoms with E-state index in [4.69, 9.17) is 12.2 Å². The van der Waals surface area contributed by atoms with Gasteiger partial charge in [-0.25, -0.2) is 9.67 Å². The van der Waals surface area contributed by atoms with Crippen LogP contribution < -0.4 is 5.32 Å². The predicted molar refractivity (Wildman–Crippen MR) is 123 cm³/mol. The third-order valence-corrected chi connectivity index (χ3v) is 7.21. The molecule has 0 saturated heterocycles. The second-order valence-electron chi connectivity index (χ2n) is 6.10. The number of carbonyl (C=O) groups is 1. The molecule has 5 nitrogen and oxygen atoms in total. The Labute approximate surface area is 185 Å². The van der Waals surface area contributed by atoms with E-state index >= 15 is 0 Å². The van der Waals surface area contributed by atoms with Gasteiger partial charge in [0.15, 0.2) is 13.4 Å². The van der Waals surface area contributed by atoms with Crippen LogP contribution in [0.5, 0.6) is 0 Å². The van der Waals surface area contributed by atoms with Crippen LogP contribution >= 0.6 is 46.7 Å². The van der Waals surface area contributed by atoms with Gasteiger partial charge in [-0.05, 0) is 49.0 Å². The molecule has 1 N–H and O–H groups in total. The average Bonchev–Trinajstić information content (AvgIpc) is 3.32. The van der Waals surface area contributed by atoms with E-state index < -0.39 is 0 Å². The van der Waals surface area contributed by atoms with Crippen molar-refractivity contribution in [3.63, 3.8) is 0 Å². The molecule has 4 rings (SSSR count). The summed E-state index contributed by atoms with van der Waals surface area (Å²) in [6.07, 6.45) is 1.74. The monoisotopic (exact) mass is 456 g/mol. The van der Waals surface area contributed by atoms with Gasteiger partial charge in [-0.3, -0.25) is 10.1 Å². The highest BCUT2D eigenvalue weighted by molar-refractivity contribution is 8.00. The van der Waals surface area contributed by atoms with Crippen molar-refractivity contribution in [2.24, 2.45) is 0 Å². The fourth-order valence-electron chi connectivity index (χ4n) is 2.54. The number of carbonyl (C=O) groups excluding carboxylic acids is 1. The van der Waals surface area contributed by atoms with Crippen molar-refractivity contribution < 1.29 is 4.79 Å². The number of nitrogens with one attached hydrogen (secondary N) is 1. The minimum atomic E-state index is -0.188. The summed E-state index contributed by atoms with van der Waals surface area (Å²) >= 11 is 10.1. The molecule has 0 spiro atoms. The van der Waals surface area contributed by atoms with Crippen molar-refractivity contribution in [1.82, 2.24) is 14.8 Å². The molecule has 0 radical (unpaired) electrons. The summed E-state index contributed by atoms with van der Waals surface area (Å²) in [5, 5.41) is 8.03. The molecule has 2 aromatic carbocycles. The third-order valence-electron chi connectivity index (χ3n) is 3.95. The summed E-state index contributed by atoms with van der Waals surface area (Å²) in [6, 6.07) is 17.5. The Bertz CT molecular complexity index is 1180. The van der Waals surface area contributed by atoms with Crippen molar-refractivity contribution in [3.8, 4) is 5.69 Å². The van der Waals surface area contributed by atoms with Crippen molar-refractivity contribution in [2.45, 2.75) is 17.0 Å². The van der Waals surface area contributed by atoms with Crippen molar-refractivity contribution in [3.05, 3.63) is 80.8 Å². The van der Waals surface area contributed by atoms with Crippen molar-refractivity contribution >= 4 is 57.7 Å². The van der Waals surface area contributed by atoms with Crippen molar-refractivity contribution in [2.75, 3.05) is 5.32 Å². The van der Waals surface area contributed by atoms with Crippen LogP contribution in [-0.2, 0) is 5.75 Å². The zero-order chi connectivity index (χ0) is 20.2. The maximum absolute atomic E-state index is 12.4. The lowest BCUT2D eigenvalue weighted by Crippen LogP contribution is -2.11. The van der Waals surface area contributed by atoms with Crippen LogP contribution in [0, 0.1) is 10.9 Å². The maximum atomic E-state index is 12.4. The van der Waals surface area contributed by atoms with E-state index in [1.807, 2.05) is 37.3 Å². The second-order valence-corrected chi connectivity index (χ2v) is 10.2. The number of anilines is 1. The van der Waals surface area contributed by atoms with Crippen LogP contribution in [0.3, 0.4) is 0 Å². The highest BCUT2D eigenvalue weighted by Crippen LogP contribution is 2.27. The Morgan fingerprint density at radius 2 is 1.90 bits per heavy atom. The topological polar surface area (TPSA) is 59.8 Å². The summed E-state index contributed by atoms with van der Waals surface area (Å²) in [4.78, 5) is 17.6. The van der Waals surface area contributed by atoms with Gasteiger partial charge in [0.25, 0.3) is 5.91 Å². The normalized spacial score (nSPS) is 10.8. The zero-order valence-electron chi connectivity index (χ0n) is 15.4. The Hall–Kier alpha value is -2.33. The molecule has 2 heterocycles. The zero-order valence-corrected chi connectivity index (χ0v) is 18.6. The summed E-state index contributed by atoms with van der Waals surface area (Å²) in [7, 11) is 0. The smallest absolute Gasteiger partial charge is 0.257 e. The highest BCUT2D eigenvalue weighted by atomic mass is 32.2. The molecule has 0 unspecified atom stereocenters. The molecule has 146 valence electrons. The first-order valence-electron chi connectivity index (χ1n) is 8.69. The molecule has 0 aliphatic carbocycles. The van der Waals surface area contributed by atoms with E-state index in [9.17, 15) is 4.79 Å². The number of nitrogens with zero attached hydrogens (tertiary/aromatic N) is 3. The number of aromatic nitrogens is 3. The van der Waals surface area contributed by atoms with Crippen LogP contribution in [0.4, 0.5) is 5.13 Å². The lowest BCUT2D eigenvalue weighted by molar-refractivity contribution is 0.102. The van der Waals surface area contributed by atoms with Gasteiger partial charge >= 0.3 is 0 Å². The number of thioether (sulfide) groups is 1. The van der Waals surface area contributed by atoms with Crippen molar-refractivity contribution in [1.29, 1.82) is 0 Å². The third kappa shape index (κ3) is 4.99. The highest BCUT2D eigenvalue weighted by Gasteiger charge is 2.11. The number of amides is 1. The average molecular weight is 457 g/mol. The van der Waals surface area contributed by atoms with Gasteiger partial charge in [0.05, 0.1) is 5.69 Å². The van der Waals surface area contributed by atoms with Gasteiger partial charge in [-0.2, -0.15) is 0 Å². The maximum Gasteiger partial charge on any atom is 0.257 e. The Balaban J connectivity index is 1.45. The largest absolute Gasteiger partial charge is 0.298 e. The first-order chi connectivity index (χ1) is 14.1. The van der Waals surface area contributed by atoms with Crippen LogP contribution in [-0.4, -0.2) is 20.7 Å². The van der Waals surface area contributed by atoms with E-state index in [0.29, 0.717) is 14.6 Å². The van der Waals surface area contributed by atoms with Gasteiger partial charge in [0.2, 0.25) is 0 Å². The molecule has 0 atom stereocenters. The summed E-state index contributed by atoms with van der Waals surface area (Å²) in [5.74, 6) is 0.658. The second kappa shape index (κ2) is 9.00. The molecule has 0 fully saturated rings. The molecule has 0 bridgehead atoms. The quantitative estimate of drug-likeness (QED) is 0.286. The molecule has 0 aliphatic rings. The Morgan fingerprint density at radius 1 is 1.14 bits per heavy atom. The van der Waals surface area contributed by atoms with Crippen LogP contribution in [0.1, 0.15) is 20.8 Å². The predicted octanol–water partition coefficient (Wildman–Crippen LogP) is 5.97. The lowest BCUT2D eigenvalue weighted by atomic mass is 10.2. The minimum Gasteiger partial charge on any atom is -0.298 e. The number of hydrogen-bond acceptors (Lipinski definition) is 7. The van der Waals surface area contributed by atoms with Gasteiger partial charge in [0, 0.05) is 22.4 Å². The molecule has 9 heteroatoms. The minimum absolute atomic E-state index is 0.188. The number of benzene rings is 2. The van der Waals surface area contributed by atoms with Gasteiger partial charge in [-0.15, -0.1) is 16.4 Å². The standard InChI is InChI=1S/C20H16N4OS4/c1-13-11-21-18(28-13)22-17(25)15-7-9-16(10-8-15)24-20(26)29-19(23-24)27-12-14-5-3-2-4-6-14/h2-11H,12H2,1H3,(H,21,22,25). The van der Waals surface area contributed by atoms with E-state index in [0.717, 1.165) is 20.7 Å². The van der Waals surface area contributed by atoms with E-state index in [1.165, 1.54) is 28.2 Å². The lowest BCUT2D eigenvalue weighted by Gasteiger charge is -2.04.